The van der Waals surface area contributed by atoms with Gasteiger partial charge < -0.3 is 20.1 Å². The highest BCUT2D eigenvalue weighted by Crippen LogP contribution is 2.18. The van der Waals surface area contributed by atoms with Gasteiger partial charge in [-0.15, -0.1) is 0 Å². The molecule has 2 amide bonds. The molecule has 170 valence electrons. The SMILES string of the molecule is CCOC(=O)Oc1ccc(C(=O)Nc2ccccc2CNC(=O)Cc2cccc(Br)c2)cc1. The number of hydrogen-bond acceptors (Lipinski definition) is 5. The van der Waals surface area contributed by atoms with E-state index in [1.165, 1.54) is 12.1 Å². The lowest BCUT2D eigenvalue weighted by Crippen LogP contribution is -2.25. The molecule has 0 unspecified atom stereocenters. The van der Waals surface area contributed by atoms with Crippen molar-refractivity contribution in [3.8, 4) is 5.75 Å². The molecule has 33 heavy (non-hydrogen) atoms. The van der Waals surface area contributed by atoms with Gasteiger partial charge in [-0.25, -0.2) is 4.79 Å². The Kier molecular flexibility index (Phi) is 8.60. The third-order valence-corrected chi connectivity index (χ3v) is 5.07. The quantitative estimate of drug-likeness (QED) is 0.325. The minimum atomic E-state index is -0.800. The van der Waals surface area contributed by atoms with Crippen LogP contribution in [0.15, 0.2) is 77.3 Å². The maximum Gasteiger partial charge on any atom is 0.513 e. The largest absolute Gasteiger partial charge is 0.513 e. The number of amides is 2. The van der Waals surface area contributed by atoms with Gasteiger partial charge in [-0.05, 0) is 60.5 Å². The van der Waals surface area contributed by atoms with Crippen molar-refractivity contribution in [2.24, 2.45) is 0 Å². The van der Waals surface area contributed by atoms with Gasteiger partial charge in [0.05, 0.1) is 13.0 Å². The third kappa shape index (κ3) is 7.47. The summed E-state index contributed by atoms with van der Waals surface area (Å²) in [7, 11) is 0. The van der Waals surface area contributed by atoms with Crippen LogP contribution < -0.4 is 15.4 Å². The van der Waals surface area contributed by atoms with Gasteiger partial charge in [-0.2, -0.15) is 0 Å². The second-order valence-electron chi connectivity index (χ2n) is 7.00. The van der Waals surface area contributed by atoms with Crippen LogP contribution in [0.2, 0.25) is 0 Å². The van der Waals surface area contributed by atoms with E-state index in [-0.39, 0.29) is 37.1 Å². The lowest BCUT2D eigenvalue weighted by Gasteiger charge is -2.12. The number of para-hydroxylation sites is 1. The van der Waals surface area contributed by atoms with Crippen molar-refractivity contribution >= 4 is 39.6 Å². The highest BCUT2D eigenvalue weighted by Gasteiger charge is 2.12. The molecule has 0 aliphatic heterocycles. The van der Waals surface area contributed by atoms with Gasteiger partial charge in [0, 0.05) is 22.3 Å². The Balaban J connectivity index is 1.59. The predicted octanol–water partition coefficient (Wildman–Crippen LogP) is 5.10. The number of nitrogens with one attached hydrogen (secondary N) is 2. The third-order valence-electron chi connectivity index (χ3n) is 4.58. The van der Waals surface area contributed by atoms with E-state index in [1.54, 1.807) is 31.2 Å². The molecule has 0 saturated heterocycles. The van der Waals surface area contributed by atoms with E-state index in [2.05, 4.69) is 26.6 Å². The summed E-state index contributed by atoms with van der Waals surface area (Å²) in [6.07, 6.45) is -0.542. The Morgan fingerprint density at radius 2 is 1.70 bits per heavy atom. The molecule has 0 radical (unpaired) electrons. The standard InChI is InChI=1S/C25H23BrN2O5/c1-2-32-25(31)33-21-12-10-18(11-13-21)24(30)28-22-9-4-3-7-19(22)16-27-23(29)15-17-6-5-8-20(26)14-17/h3-14H,2,15-16H2,1H3,(H,27,29)(H,28,30). The molecule has 0 saturated carbocycles. The van der Waals surface area contributed by atoms with Crippen LogP contribution >= 0.6 is 15.9 Å². The van der Waals surface area contributed by atoms with Crippen molar-refractivity contribution in [1.82, 2.24) is 5.32 Å². The zero-order valence-corrected chi connectivity index (χ0v) is 19.6. The van der Waals surface area contributed by atoms with Crippen LogP contribution in [0.5, 0.6) is 5.75 Å². The van der Waals surface area contributed by atoms with E-state index in [4.69, 9.17) is 9.47 Å². The monoisotopic (exact) mass is 510 g/mol. The summed E-state index contributed by atoms with van der Waals surface area (Å²) in [5, 5.41) is 5.75. The highest BCUT2D eigenvalue weighted by atomic mass is 79.9. The average Bonchev–Trinajstić information content (AvgIpc) is 2.79. The molecule has 3 aromatic rings. The molecule has 0 spiro atoms. The molecular formula is C25H23BrN2O5. The first-order valence-electron chi connectivity index (χ1n) is 10.3. The van der Waals surface area contributed by atoms with Crippen LogP contribution in [-0.4, -0.2) is 24.6 Å². The van der Waals surface area contributed by atoms with E-state index in [0.717, 1.165) is 15.6 Å². The van der Waals surface area contributed by atoms with Crippen LogP contribution in [0.1, 0.15) is 28.4 Å². The molecule has 0 aliphatic rings. The first-order valence-corrected chi connectivity index (χ1v) is 11.1. The molecule has 3 rings (SSSR count). The maximum atomic E-state index is 12.7. The van der Waals surface area contributed by atoms with E-state index < -0.39 is 6.16 Å². The number of carbonyl (C=O) groups excluding carboxylic acids is 3. The zero-order chi connectivity index (χ0) is 23.6. The van der Waals surface area contributed by atoms with Crippen molar-refractivity contribution in [2.45, 2.75) is 19.9 Å². The molecule has 0 heterocycles. The Labute approximate surface area is 200 Å². The number of ether oxygens (including phenoxy) is 2. The fraction of sp³-hybridized carbons (Fsp3) is 0.160. The van der Waals surface area contributed by atoms with Crippen LogP contribution in [0.3, 0.4) is 0 Å². The van der Waals surface area contributed by atoms with Gasteiger partial charge in [0.25, 0.3) is 5.91 Å². The van der Waals surface area contributed by atoms with Crippen molar-refractivity contribution < 1.29 is 23.9 Å². The molecular weight excluding hydrogens is 488 g/mol. The summed E-state index contributed by atoms with van der Waals surface area (Å²) in [6.45, 7) is 2.17. The molecule has 0 aromatic heterocycles. The molecule has 3 aromatic carbocycles. The van der Waals surface area contributed by atoms with E-state index >= 15 is 0 Å². The van der Waals surface area contributed by atoms with Crippen molar-refractivity contribution in [3.63, 3.8) is 0 Å². The predicted molar refractivity (Wildman–Crippen MR) is 128 cm³/mol. The van der Waals surface area contributed by atoms with Gasteiger partial charge in [-0.1, -0.05) is 46.3 Å². The second kappa shape index (κ2) is 11.8. The molecule has 0 aliphatic carbocycles. The van der Waals surface area contributed by atoms with Crippen molar-refractivity contribution in [1.29, 1.82) is 0 Å². The summed E-state index contributed by atoms with van der Waals surface area (Å²) in [6, 6.07) is 21.0. The van der Waals surface area contributed by atoms with E-state index in [0.29, 0.717) is 11.3 Å². The van der Waals surface area contributed by atoms with Crippen LogP contribution in [0.25, 0.3) is 0 Å². The average molecular weight is 511 g/mol. The fourth-order valence-corrected chi connectivity index (χ4v) is 3.44. The summed E-state index contributed by atoms with van der Waals surface area (Å²) in [4.78, 5) is 36.4. The Morgan fingerprint density at radius 1 is 0.939 bits per heavy atom. The first-order chi connectivity index (χ1) is 15.9. The van der Waals surface area contributed by atoms with Gasteiger partial charge in [-0.3, -0.25) is 9.59 Å². The van der Waals surface area contributed by atoms with E-state index in [9.17, 15) is 14.4 Å². The van der Waals surface area contributed by atoms with Crippen molar-refractivity contribution in [3.05, 3.63) is 94.0 Å². The van der Waals surface area contributed by atoms with Crippen LogP contribution in [-0.2, 0) is 22.5 Å². The Bertz CT molecular complexity index is 1130. The summed E-state index contributed by atoms with van der Waals surface area (Å²) < 4.78 is 10.6. The minimum Gasteiger partial charge on any atom is -0.434 e. The van der Waals surface area contributed by atoms with Gasteiger partial charge in [0.2, 0.25) is 5.91 Å². The number of benzene rings is 3. The van der Waals surface area contributed by atoms with Gasteiger partial charge >= 0.3 is 6.16 Å². The van der Waals surface area contributed by atoms with Crippen LogP contribution in [0.4, 0.5) is 10.5 Å². The molecule has 8 heteroatoms. The summed E-state index contributed by atoms with van der Waals surface area (Å²) in [5.41, 5.74) is 2.66. The molecule has 0 bridgehead atoms. The number of hydrogen-bond donors (Lipinski definition) is 2. The number of rotatable bonds is 8. The summed E-state index contributed by atoms with van der Waals surface area (Å²) >= 11 is 3.40. The maximum absolute atomic E-state index is 12.7. The molecule has 7 nitrogen and oxygen atoms in total. The van der Waals surface area contributed by atoms with Crippen LogP contribution in [0, 0.1) is 0 Å². The first kappa shape index (κ1) is 24.0. The Morgan fingerprint density at radius 3 is 2.42 bits per heavy atom. The minimum absolute atomic E-state index is 0.119. The van der Waals surface area contributed by atoms with Gasteiger partial charge in [0.1, 0.15) is 5.75 Å². The highest BCUT2D eigenvalue weighted by molar-refractivity contribution is 9.10. The summed E-state index contributed by atoms with van der Waals surface area (Å²) in [5.74, 6) is -0.171. The lowest BCUT2D eigenvalue weighted by molar-refractivity contribution is -0.120. The Hall–Kier alpha value is -3.65. The number of carbonyl (C=O) groups is 3. The molecule has 0 atom stereocenters. The fourth-order valence-electron chi connectivity index (χ4n) is 3.00. The number of halogens is 1. The normalized spacial score (nSPS) is 10.2. The zero-order valence-electron chi connectivity index (χ0n) is 18.0. The second-order valence-corrected chi connectivity index (χ2v) is 7.92. The van der Waals surface area contributed by atoms with Gasteiger partial charge in [0.15, 0.2) is 0 Å². The lowest BCUT2D eigenvalue weighted by atomic mass is 10.1. The van der Waals surface area contributed by atoms with Crippen molar-refractivity contribution in [2.75, 3.05) is 11.9 Å². The van der Waals surface area contributed by atoms with E-state index in [1.807, 2.05) is 36.4 Å². The molecule has 2 N–H and O–H groups in total. The molecule has 0 fully saturated rings. The number of anilines is 1. The topological polar surface area (TPSA) is 93.7 Å². The smallest absolute Gasteiger partial charge is 0.434 e.